The number of rotatable bonds is 3. The number of carbonyl (C=O) groups excluding carboxylic acids is 2. The highest BCUT2D eigenvalue weighted by atomic mass is 79.9. The molecular weight excluding hydrogens is 386 g/mol. The molecule has 2 aromatic rings. The monoisotopic (exact) mass is 407 g/mol. The molecule has 0 N–H and O–H groups in total. The van der Waals surface area contributed by atoms with Crippen LogP contribution in [0.5, 0.6) is 0 Å². The number of methoxy groups -OCH3 is 1. The molecule has 1 saturated heterocycles. The molecule has 2 aromatic heterocycles. The molecule has 7 heteroatoms. The topological polar surface area (TPSA) is 63.9 Å². The van der Waals surface area contributed by atoms with Crippen LogP contribution in [0.25, 0.3) is 5.65 Å². The Labute approximate surface area is 155 Å². The van der Waals surface area contributed by atoms with Crippen LogP contribution in [-0.2, 0) is 16.0 Å². The number of hydrogen-bond acceptors (Lipinski definition) is 4. The number of hydrogen-bond donors (Lipinski definition) is 0. The number of aryl methyl sites for hydroxylation is 2. The molecule has 1 fully saturated rings. The average molecular weight is 408 g/mol. The Bertz CT molecular complexity index is 823. The predicted molar refractivity (Wildman–Crippen MR) is 97.7 cm³/mol. The maximum Gasteiger partial charge on any atom is 0.308 e. The summed E-state index contributed by atoms with van der Waals surface area (Å²) in [7, 11) is 1.41. The summed E-state index contributed by atoms with van der Waals surface area (Å²) in [4.78, 5) is 31.3. The van der Waals surface area contributed by atoms with E-state index in [0.717, 1.165) is 21.4 Å². The SMILES string of the molecule is CCc1nc2c(C)cc(Br)cn2c1C(=O)N1CCC(C(=O)OC)CC1. The van der Waals surface area contributed by atoms with Gasteiger partial charge in [-0.2, -0.15) is 0 Å². The molecule has 1 amide bonds. The standard InChI is InChI=1S/C18H22BrN3O3/c1-4-14-15(22-10-13(19)9-11(2)16(22)20-14)17(23)21-7-5-12(6-8-21)18(24)25-3/h9-10,12H,4-8H2,1-3H3. The van der Waals surface area contributed by atoms with Crippen molar-refractivity contribution in [2.24, 2.45) is 5.92 Å². The number of amides is 1. The van der Waals surface area contributed by atoms with Gasteiger partial charge in [0, 0.05) is 23.8 Å². The van der Waals surface area contributed by atoms with E-state index < -0.39 is 0 Å². The molecule has 0 aliphatic carbocycles. The highest BCUT2D eigenvalue weighted by molar-refractivity contribution is 9.10. The first-order valence-corrected chi connectivity index (χ1v) is 9.29. The van der Waals surface area contributed by atoms with Crippen LogP contribution in [0.1, 0.15) is 41.5 Å². The van der Waals surface area contributed by atoms with Crippen molar-refractivity contribution in [2.75, 3.05) is 20.2 Å². The molecule has 3 heterocycles. The number of halogens is 1. The summed E-state index contributed by atoms with van der Waals surface area (Å²) < 4.78 is 7.61. The van der Waals surface area contributed by atoms with Gasteiger partial charge in [0.15, 0.2) is 0 Å². The van der Waals surface area contributed by atoms with Gasteiger partial charge < -0.3 is 9.64 Å². The van der Waals surface area contributed by atoms with Gasteiger partial charge in [0.1, 0.15) is 11.3 Å². The number of imidazole rings is 1. The highest BCUT2D eigenvalue weighted by Gasteiger charge is 2.31. The third kappa shape index (κ3) is 3.29. The lowest BCUT2D eigenvalue weighted by atomic mass is 9.97. The zero-order valence-electron chi connectivity index (χ0n) is 14.7. The third-order valence-corrected chi connectivity index (χ3v) is 5.23. The Morgan fingerprint density at radius 1 is 1.36 bits per heavy atom. The smallest absolute Gasteiger partial charge is 0.308 e. The number of piperidine rings is 1. The fourth-order valence-electron chi connectivity index (χ4n) is 3.42. The lowest BCUT2D eigenvalue weighted by molar-refractivity contribution is -0.146. The van der Waals surface area contributed by atoms with Gasteiger partial charge in [-0.05, 0) is 53.7 Å². The van der Waals surface area contributed by atoms with Crippen molar-refractivity contribution < 1.29 is 14.3 Å². The first-order chi connectivity index (χ1) is 12.0. The zero-order valence-corrected chi connectivity index (χ0v) is 16.3. The number of esters is 1. The first kappa shape index (κ1) is 17.9. The van der Waals surface area contributed by atoms with E-state index in [4.69, 9.17) is 4.74 Å². The van der Waals surface area contributed by atoms with E-state index in [1.54, 1.807) is 0 Å². The van der Waals surface area contributed by atoms with E-state index >= 15 is 0 Å². The van der Waals surface area contributed by atoms with Gasteiger partial charge in [0.25, 0.3) is 5.91 Å². The molecule has 25 heavy (non-hydrogen) atoms. The summed E-state index contributed by atoms with van der Waals surface area (Å²) >= 11 is 3.50. The van der Waals surface area contributed by atoms with Gasteiger partial charge in [0.2, 0.25) is 0 Å². The summed E-state index contributed by atoms with van der Waals surface area (Å²) in [6.45, 7) is 5.11. The predicted octanol–water partition coefficient (Wildman–Crippen LogP) is 2.99. The maximum atomic E-state index is 13.2. The van der Waals surface area contributed by atoms with Crippen molar-refractivity contribution in [1.82, 2.24) is 14.3 Å². The lowest BCUT2D eigenvalue weighted by Crippen LogP contribution is -2.41. The molecule has 0 radical (unpaired) electrons. The molecule has 3 rings (SSSR count). The van der Waals surface area contributed by atoms with Crippen LogP contribution >= 0.6 is 15.9 Å². The zero-order chi connectivity index (χ0) is 18.1. The Hall–Kier alpha value is -1.89. The maximum absolute atomic E-state index is 13.2. The summed E-state index contributed by atoms with van der Waals surface area (Å²) in [5, 5.41) is 0. The Kier molecular flexibility index (Phi) is 5.13. The summed E-state index contributed by atoms with van der Waals surface area (Å²) in [5.74, 6) is -0.320. The van der Waals surface area contributed by atoms with Crippen molar-refractivity contribution in [3.63, 3.8) is 0 Å². The van der Waals surface area contributed by atoms with Crippen molar-refractivity contribution >= 4 is 33.5 Å². The minimum Gasteiger partial charge on any atom is -0.469 e. The van der Waals surface area contributed by atoms with E-state index in [9.17, 15) is 9.59 Å². The van der Waals surface area contributed by atoms with E-state index in [2.05, 4.69) is 20.9 Å². The normalized spacial score (nSPS) is 15.6. The van der Waals surface area contributed by atoms with Crippen molar-refractivity contribution in [2.45, 2.75) is 33.1 Å². The lowest BCUT2D eigenvalue weighted by Gasteiger charge is -2.30. The molecule has 0 atom stereocenters. The Morgan fingerprint density at radius 2 is 2.04 bits per heavy atom. The second-order valence-electron chi connectivity index (χ2n) is 6.39. The fourth-order valence-corrected chi connectivity index (χ4v) is 3.97. The van der Waals surface area contributed by atoms with Crippen molar-refractivity contribution in [3.05, 3.63) is 33.7 Å². The van der Waals surface area contributed by atoms with Crippen LogP contribution < -0.4 is 0 Å². The number of aromatic nitrogens is 2. The largest absolute Gasteiger partial charge is 0.469 e. The average Bonchev–Trinajstić information content (AvgIpc) is 2.99. The molecule has 0 aromatic carbocycles. The number of likely N-dealkylation sites (tertiary alicyclic amines) is 1. The molecule has 6 nitrogen and oxygen atoms in total. The van der Waals surface area contributed by atoms with E-state index in [1.165, 1.54) is 7.11 Å². The second kappa shape index (κ2) is 7.15. The van der Waals surface area contributed by atoms with E-state index in [1.807, 2.05) is 35.4 Å². The van der Waals surface area contributed by atoms with Crippen molar-refractivity contribution in [3.8, 4) is 0 Å². The van der Waals surface area contributed by atoms with E-state index in [0.29, 0.717) is 38.0 Å². The van der Waals surface area contributed by atoms with E-state index in [-0.39, 0.29) is 17.8 Å². The number of ether oxygens (including phenoxy) is 1. The van der Waals surface area contributed by atoms with Crippen molar-refractivity contribution in [1.29, 1.82) is 0 Å². The van der Waals surface area contributed by atoms with Gasteiger partial charge >= 0.3 is 5.97 Å². The van der Waals surface area contributed by atoms with Crippen LogP contribution in [-0.4, -0.2) is 46.4 Å². The van der Waals surface area contributed by atoms with Crippen LogP contribution in [0.2, 0.25) is 0 Å². The van der Waals surface area contributed by atoms with Crippen LogP contribution in [0.15, 0.2) is 16.7 Å². The number of pyridine rings is 1. The summed E-state index contributed by atoms with van der Waals surface area (Å²) in [6.07, 6.45) is 3.86. The minimum atomic E-state index is -0.185. The summed E-state index contributed by atoms with van der Waals surface area (Å²) in [6, 6.07) is 2.00. The Morgan fingerprint density at radius 3 is 2.64 bits per heavy atom. The summed E-state index contributed by atoms with van der Waals surface area (Å²) in [5.41, 5.74) is 3.26. The molecular formula is C18H22BrN3O3. The second-order valence-corrected chi connectivity index (χ2v) is 7.30. The van der Waals surface area contributed by atoms with Crippen LogP contribution in [0.3, 0.4) is 0 Å². The van der Waals surface area contributed by atoms with Crippen LogP contribution in [0, 0.1) is 12.8 Å². The third-order valence-electron chi connectivity index (χ3n) is 4.80. The molecule has 0 spiro atoms. The molecule has 0 bridgehead atoms. The van der Waals surface area contributed by atoms with Gasteiger partial charge in [-0.15, -0.1) is 0 Å². The number of carbonyl (C=O) groups is 2. The minimum absolute atomic E-state index is 0.0230. The first-order valence-electron chi connectivity index (χ1n) is 8.50. The highest BCUT2D eigenvalue weighted by Crippen LogP contribution is 2.25. The van der Waals surface area contributed by atoms with Gasteiger partial charge in [-0.1, -0.05) is 6.92 Å². The number of nitrogens with zero attached hydrogens (tertiary/aromatic N) is 3. The molecule has 1 aliphatic rings. The number of fused-ring (bicyclic) bond motifs is 1. The molecule has 1 aliphatic heterocycles. The quantitative estimate of drug-likeness (QED) is 0.733. The van der Waals surface area contributed by atoms with Crippen LogP contribution in [0.4, 0.5) is 0 Å². The Balaban J connectivity index is 1.91. The molecule has 0 unspecified atom stereocenters. The van der Waals surface area contributed by atoms with Gasteiger partial charge in [0.05, 0.1) is 18.7 Å². The van der Waals surface area contributed by atoms with Gasteiger partial charge in [-0.3, -0.25) is 14.0 Å². The molecule has 134 valence electrons. The van der Waals surface area contributed by atoms with Gasteiger partial charge in [-0.25, -0.2) is 4.98 Å². The molecule has 0 saturated carbocycles. The fraction of sp³-hybridized carbons (Fsp3) is 0.500.